The van der Waals surface area contributed by atoms with Crippen LogP contribution in [0, 0.1) is 6.92 Å². The number of hydrogen-bond acceptors (Lipinski definition) is 1. The van der Waals surface area contributed by atoms with E-state index in [0.29, 0.717) is 0 Å². The second-order valence-electron chi connectivity index (χ2n) is 3.13. The topological polar surface area (TPSA) is 55.0 Å². The van der Waals surface area contributed by atoms with E-state index in [-0.39, 0.29) is 110 Å². The molecular formula is C11H13N2OY3. The molecule has 0 spiro atoms. The average Bonchev–Trinajstić information content (AvgIpc) is 2.16. The third-order valence-electron chi connectivity index (χ3n) is 1.93. The maximum atomic E-state index is 10.8. The molecule has 0 aliphatic heterocycles. The zero-order chi connectivity index (χ0) is 10.6. The SMILES string of the molecule is [CH2-]c1ccccc1[N-]CC([NH-])C(C)=O.[Y+3].[Y].[Y]. The van der Waals surface area contributed by atoms with Crippen LogP contribution >= 0.6 is 0 Å². The first-order chi connectivity index (χ1) is 6.61. The van der Waals surface area contributed by atoms with Gasteiger partial charge < -0.3 is 15.8 Å². The number of carbonyl (C=O) groups excluding carboxylic acids is 1. The van der Waals surface area contributed by atoms with E-state index in [2.05, 4.69) is 12.2 Å². The first-order valence-electron chi connectivity index (χ1n) is 4.41. The maximum absolute atomic E-state index is 10.8. The van der Waals surface area contributed by atoms with Crippen LogP contribution in [-0.2, 0) is 103 Å². The molecule has 0 amide bonds. The quantitative estimate of drug-likeness (QED) is 0.644. The Balaban J connectivity index is -0.000000653. The molecule has 0 aliphatic rings. The molecule has 0 bridgehead atoms. The number of nitrogens with zero attached hydrogens (tertiary/aromatic N) is 1. The summed E-state index contributed by atoms with van der Waals surface area (Å²) in [5.41, 5.74) is 8.96. The van der Waals surface area contributed by atoms with E-state index in [1.807, 2.05) is 24.3 Å². The Labute approximate surface area is 178 Å². The molecule has 6 heteroatoms. The Kier molecular flexibility index (Phi) is 18.1. The Bertz CT molecular complexity index is 334. The molecule has 17 heavy (non-hydrogen) atoms. The van der Waals surface area contributed by atoms with Gasteiger partial charge in [-0.1, -0.05) is 12.1 Å². The number of ketones is 1. The summed E-state index contributed by atoms with van der Waals surface area (Å²) >= 11 is 0. The van der Waals surface area contributed by atoms with Gasteiger partial charge in [0, 0.05) is 65.4 Å². The van der Waals surface area contributed by atoms with E-state index in [9.17, 15) is 4.79 Å². The molecule has 0 heterocycles. The van der Waals surface area contributed by atoms with Crippen molar-refractivity contribution < 1.29 is 103 Å². The maximum Gasteiger partial charge on any atom is 3.00 e. The summed E-state index contributed by atoms with van der Waals surface area (Å²) in [5.74, 6) is -0.157. The molecule has 1 rings (SSSR count). The van der Waals surface area contributed by atoms with Gasteiger partial charge in [-0.05, 0) is 6.92 Å². The standard InChI is InChI=1S/C11H13N2O.3Y/c1-8-5-3-4-6-11(8)13-7-10(12)9(2)14;;;/h3-6,10,12H,1,7H2,2H3;;;/q-3;;;+3. The Hall–Kier alpha value is 1.83. The van der Waals surface area contributed by atoms with Gasteiger partial charge >= 0.3 is 32.7 Å². The van der Waals surface area contributed by atoms with Gasteiger partial charge in [0.2, 0.25) is 0 Å². The van der Waals surface area contributed by atoms with Gasteiger partial charge in [0.25, 0.3) is 0 Å². The van der Waals surface area contributed by atoms with Crippen LogP contribution in [0.3, 0.4) is 0 Å². The van der Waals surface area contributed by atoms with Crippen molar-refractivity contribution in [2.75, 3.05) is 6.54 Å². The number of rotatable bonds is 4. The van der Waals surface area contributed by atoms with Crippen molar-refractivity contribution in [2.45, 2.75) is 13.0 Å². The van der Waals surface area contributed by atoms with Crippen molar-refractivity contribution in [2.24, 2.45) is 0 Å². The number of nitrogens with one attached hydrogen (secondary N) is 1. The number of Topliss-reactive ketones (excluding diaryl/α,β-unsaturated/α-hetero) is 1. The number of para-hydroxylation sites is 1. The molecular weight excluding hydrogens is 443 g/mol. The minimum atomic E-state index is -0.755. The van der Waals surface area contributed by atoms with Gasteiger partial charge in [0.15, 0.2) is 0 Å². The van der Waals surface area contributed by atoms with E-state index in [0.717, 1.165) is 11.3 Å². The van der Waals surface area contributed by atoms with E-state index in [1.165, 1.54) is 6.92 Å². The summed E-state index contributed by atoms with van der Waals surface area (Å²) in [7, 11) is 0. The molecule has 1 atom stereocenters. The summed E-state index contributed by atoms with van der Waals surface area (Å²) in [4.78, 5) is 10.8. The Morgan fingerprint density at radius 2 is 1.94 bits per heavy atom. The average molecular weight is 456 g/mol. The summed E-state index contributed by atoms with van der Waals surface area (Å²) in [6, 6.07) is 6.67. The molecule has 0 fully saturated rings. The largest absolute Gasteiger partial charge is 3.00 e. The van der Waals surface area contributed by atoms with Crippen molar-refractivity contribution in [3.63, 3.8) is 0 Å². The normalized spacial score (nSPS) is 10.0. The van der Waals surface area contributed by atoms with E-state index in [1.54, 1.807) is 0 Å². The van der Waals surface area contributed by atoms with E-state index in [4.69, 9.17) is 5.73 Å². The third-order valence-corrected chi connectivity index (χ3v) is 1.93. The van der Waals surface area contributed by atoms with Crippen LogP contribution in [0.5, 0.6) is 0 Å². The van der Waals surface area contributed by atoms with Gasteiger partial charge in [-0.3, -0.25) is 5.69 Å². The van der Waals surface area contributed by atoms with Crippen molar-refractivity contribution in [3.8, 4) is 0 Å². The molecule has 1 unspecified atom stereocenters. The Morgan fingerprint density at radius 1 is 1.41 bits per heavy atom. The predicted octanol–water partition coefficient (Wildman–Crippen LogP) is 2.88. The summed E-state index contributed by atoms with van der Waals surface area (Å²) in [6.45, 7) is 5.42. The van der Waals surface area contributed by atoms with Gasteiger partial charge in [0.1, 0.15) is 5.78 Å². The van der Waals surface area contributed by atoms with Crippen LogP contribution in [0.1, 0.15) is 12.5 Å². The molecule has 0 aromatic heterocycles. The molecule has 3 nitrogen and oxygen atoms in total. The van der Waals surface area contributed by atoms with Crippen LogP contribution in [0.25, 0.3) is 11.1 Å². The summed E-state index contributed by atoms with van der Waals surface area (Å²) < 4.78 is 0. The van der Waals surface area contributed by atoms with Gasteiger partial charge in [0.05, 0.1) is 0 Å². The fourth-order valence-electron chi connectivity index (χ4n) is 0.983. The molecule has 1 aromatic rings. The minimum absolute atomic E-state index is 0. The van der Waals surface area contributed by atoms with Crippen molar-refractivity contribution in [1.29, 1.82) is 0 Å². The van der Waals surface area contributed by atoms with Crippen molar-refractivity contribution >= 4 is 11.5 Å². The number of hydrogen-bond donors (Lipinski definition) is 0. The first kappa shape index (κ1) is 23.9. The third kappa shape index (κ3) is 9.38. The van der Waals surface area contributed by atoms with Crippen molar-refractivity contribution in [1.82, 2.24) is 0 Å². The molecule has 82 valence electrons. The molecule has 2 radical (unpaired) electrons. The van der Waals surface area contributed by atoms with E-state index >= 15 is 0 Å². The number of carbonyl (C=O) groups is 1. The molecule has 1 N–H and O–H groups in total. The van der Waals surface area contributed by atoms with Gasteiger partial charge in [-0.25, -0.2) is 12.5 Å². The molecule has 0 saturated carbocycles. The van der Waals surface area contributed by atoms with Crippen molar-refractivity contribution in [3.05, 3.63) is 47.8 Å². The predicted molar refractivity (Wildman–Crippen MR) is 57.6 cm³/mol. The van der Waals surface area contributed by atoms with Gasteiger partial charge in [-0.2, -0.15) is 6.07 Å². The minimum Gasteiger partial charge on any atom is -0.743 e. The molecule has 0 aliphatic carbocycles. The summed E-state index contributed by atoms with van der Waals surface area (Å²) in [6.07, 6.45) is 0. The molecule has 0 saturated heterocycles. The van der Waals surface area contributed by atoms with Gasteiger partial charge in [-0.15, -0.1) is 18.7 Å². The first-order valence-corrected chi connectivity index (χ1v) is 4.41. The smallest absolute Gasteiger partial charge is 0.743 e. The monoisotopic (exact) mass is 456 g/mol. The fourth-order valence-corrected chi connectivity index (χ4v) is 0.983. The van der Waals surface area contributed by atoms with Crippen LogP contribution in [0.15, 0.2) is 24.3 Å². The van der Waals surface area contributed by atoms with Crippen LogP contribution in [-0.4, -0.2) is 18.4 Å². The van der Waals surface area contributed by atoms with E-state index < -0.39 is 6.04 Å². The second kappa shape index (κ2) is 12.8. The molecule has 1 aromatic carbocycles. The number of benzene rings is 1. The Morgan fingerprint density at radius 3 is 2.41 bits per heavy atom. The zero-order valence-corrected chi connectivity index (χ0v) is 18.4. The van der Waals surface area contributed by atoms with Crippen LogP contribution < -0.4 is 0 Å². The van der Waals surface area contributed by atoms with Crippen LogP contribution in [0.4, 0.5) is 5.69 Å². The summed E-state index contributed by atoms with van der Waals surface area (Å²) in [5, 5.41) is 4.16. The second-order valence-corrected chi connectivity index (χ2v) is 3.13. The fraction of sp³-hybridized carbons (Fsp3) is 0.273. The zero-order valence-electron chi connectivity index (χ0n) is 9.89. The van der Waals surface area contributed by atoms with Crippen LogP contribution in [0.2, 0.25) is 0 Å².